The first kappa shape index (κ1) is 23.3. The van der Waals surface area contributed by atoms with Crippen LogP contribution in [0.15, 0.2) is 52.9 Å². The first-order valence-electron chi connectivity index (χ1n) is 11.0. The van der Waals surface area contributed by atoms with E-state index in [1.54, 1.807) is 0 Å². The zero-order chi connectivity index (χ0) is 22.1. The lowest BCUT2D eigenvalue weighted by Gasteiger charge is -2.18. The molecule has 0 aliphatic heterocycles. The van der Waals surface area contributed by atoms with Crippen molar-refractivity contribution >= 4 is 11.0 Å². The summed E-state index contributed by atoms with van der Waals surface area (Å²) in [6, 6.07) is 16.6. The van der Waals surface area contributed by atoms with Crippen molar-refractivity contribution < 1.29 is 23.4 Å². The maximum atomic E-state index is 6.08. The van der Waals surface area contributed by atoms with Gasteiger partial charge in [0.1, 0.15) is 23.7 Å². The summed E-state index contributed by atoms with van der Waals surface area (Å²) in [5.41, 5.74) is 3.33. The molecule has 0 atom stereocenters. The SMILES string of the molecule is CCOCCOCCOCCOc1ccc2cc(-c3ccc(C(C)(C)C)cc3)oc2c1. The number of furan rings is 1. The Morgan fingerprint density at radius 1 is 0.742 bits per heavy atom. The predicted molar refractivity (Wildman–Crippen MR) is 124 cm³/mol. The lowest BCUT2D eigenvalue weighted by atomic mass is 9.86. The van der Waals surface area contributed by atoms with Gasteiger partial charge in [0.2, 0.25) is 0 Å². The number of hydrogen-bond acceptors (Lipinski definition) is 5. The molecule has 0 saturated carbocycles. The van der Waals surface area contributed by atoms with Crippen molar-refractivity contribution in [3.05, 3.63) is 54.1 Å². The van der Waals surface area contributed by atoms with E-state index < -0.39 is 0 Å². The van der Waals surface area contributed by atoms with Crippen LogP contribution in [0.2, 0.25) is 0 Å². The minimum atomic E-state index is 0.138. The third-order valence-electron chi connectivity index (χ3n) is 4.97. The van der Waals surface area contributed by atoms with Gasteiger partial charge in [-0.3, -0.25) is 0 Å². The van der Waals surface area contributed by atoms with Crippen LogP contribution in [0.25, 0.3) is 22.3 Å². The second-order valence-electron chi connectivity index (χ2n) is 8.41. The van der Waals surface area contributed by atoms with Crippen molar-refractivity contribution in [3.63, 3.8) is 0 Å². The molecule has 0 N–H and O–H groups in total. The highest BCUT2D eigenvalue weighted by Crippen LogP contribution is 2.31. The van der Waals surface area contributed by atoms with Crippen LogP contribution in [0, 0.1) is 0 Å². The Labute approximate surface area is 185 Å². The van der Waals surface area contributed by atoms with Crippen molar-refractivity contribution in [1.82, 2.24) is 0 Å². The van der Waals surface area contributed by atoms with Crippen molar-refractivity contribution in [3.8, 4) is 17.1 Å². The minimum Gasteiger partial charge on any atom is -0.491 e. The molecule has 0 fully saturated rings. The van der Waals surface area contributed by atoms with Crippen LogP contribution in [-0.2, 0) is 19.6 Å². The summed E-state index contributed by atoms with van der Waals surface area (Å²) in [6.45, 7) is 12.6. The van der Waals surface area contributed by atoms with E-state index in [1.807, 2.05) is 25.1 Å². The number of fused-ring (bicyclic) bond motifs is 1. The van der Waals surface area contributed by atoms with Crippen molar-refractivity contribution in [2.45, 2.75) is 33.1 Å². The molecule has 5 heteroatoms. The molecule has 1 aromatic heterocycles. The summed E-state index contributed by atoms with van der Waals surface area (Å²) in [5, 5.41) is 1.06. The highest BCUT2D eigenvalue weighted by atomic mass is 16.6. The van der Waals surface area contributed by atoms with Gasteiger partial charge >= 0.3 is 0 Å². The Hall–Kier alpha value is -2.34. The smallest absolute Gasteiger partial charge is 0.138 e. The predicted octanol–water partition coefficient (Wildman–Crippen LogP) is 5.85. The van der Waals surface area contributed by atoms with Gasteiger partial charge in [0.25, 0.3) is 0 Å². The highest BCUT2D eigenvalue weighted by Gasteiger charge is 2.14. The zero-order valence-electron chi connectivity index (χ0n) is 19.1. The topological polar surface area (TPSA) is 50.1 Å². The molecule has 0 amide bonds. The Morgan fingerprint density at radius 2 is 1.39 bits per heavy atom. The fourth-order valence-corrected chi connectivity index (χ4v) is 3.18. The van der Waals surface area contributed by atoms with Gasteiger partial charge in [-0.05, 0) is 36.1 Å². The molecule has 1 heterocycles. The van der Waals surface area contributed by atoms with Gasteiger partial charge in [0, 0.05) is 23.6 Å². The highest BCUT2D eigenvalue weighted by molar-refractivity contribution is 5.84. The molecule has 0 aliphatic carbocycles. The average Bonchev–Trinajstić information content (AvgIpc) is 3.18. The summed E-state index contributed by atoms with van der Waals surface area (Å²) >= 11 is 0. The van der Waals surface area contributed by atoms with Crippen LogP contribution in [0.1, 0.15) is 33.3 Å². The van der Waals surface area contributed by atoms with Crippen molar-refractivity contribution in [2.24, 2.45) is 0 Å². The third-order valence-corrected chi connectivity index (χ3v) is 4.97. The van der Waals surface area contributed by atoms with E-state index in [9.17, 15) is 0 Å². The van der Waals surface area contributed by atoms with E-state index in [2.05, 4.69) is 51.1 Å². The molecular weight excluding hydrogens is 392 g/mol. The monoisotopic (exact) mass is 426 g/mol. The fourth-order valence-electron chi connectivity index (χ4n) is 3.18. The molecule has 0 radical (unpaired) electrons. The van der Waals surface area contributed by atoms with Crippen LogP contribution in [-0.4, -0.2) is 46.2 Å². The van der Waals surface area contributed by atoms with Gasteiger partial charge in [0.05, 0.1) is 33.0 Å². The molecule has 0 unspecified atom stereocenters. The maximum absolute atomic E-state index is 6.08. The van der Waals surface area contributed by atoms with Crippen LogP contribution < -0.4 is 4.74 Å². The zero-order valence-corrected chi connectivity index (χ0v) is 19.1. The molecule has 0 bridgehead atoms. The summed E-state index contributed by atoms with van der Waals surface area (Å²) in [7, 11) is 0. The van der Waals surface area contributed by atoms with Crippen LogP contribution in [0.4, 0.5) is 0 Å². The molecule has 0 saturated heterocycles. The molecule has 0 spiro atoms. The molecule has 5 nitrogen and oxygen atoms in total. The molecule has 168 valence electrons. The molecule has 3 rings (SSSR count). The largest absolute Gasteiger partial charge is 0.491 e. The molecule has 2 aromatic carbocycles. The molecule has 3 aromatic rings. The summed E-state index contributed by atoms with van der Waals surface area (Å²) in [4.78, 5) is 0. The lowest BCUT2D eigenvalue weighted by molar-refractivity contribution is 0.0114. The quantitative estimate of drug-likeness (QED) is 0.340. The number of ether oxygens (including phenoxy) is 4. The lowest BCUT2D eigenvalue weighted by Crippen LogP contribution is -2.12. The maximum Gasteiger partial charge on any atom is 0.138 e. The summed E-state index contributed by atoms with van der Waals surface area (Å²) in [5.74, 6) is 1.63. The molecule has 31 heavy (non-hydrogen) atoms. The van der Waals surface area contributed by atoms with Gasteiger partial charge in [-0.2, -0.15) is 0 Å². The van der Waals surface area contributed by atoms with Gasteiger partial charge < -0.3 is 23.4 Å². The Balaban J connectivity index is 1.46. The van der Waals surface area contributed by atoms with E-state index in [0.717, 1.165) is 28.0 Å². The third kappa shape index (κ3) is 7.10. The second-order valence-corrected chi connectivity index (χ2v) is 8.41. The van der Waals surface area contributed by atoms with E-state index >= 15 is 0 Å². The molecule has 0 aliphatic rings. The Morgan fingerprint density at radius 3 is 2.03 bits per heavy atom. The average molecular weight is 427 g/mol. The number of benzene rings is 2. The standard InChI is InChI=1S/C26H34O5/c1-5-27-12-13-28-14-15-29-16-17-30-23-11-8-21-18-24(31-25(21)19-23)20-6-9-22(10-7-20)26(2,3)4/h6-11,18-19H,5,12-17H2,1-4H3. The van der Waals surface area contributed by atoms with Crippen LogP contribution in [0.5, 0.6) is 5.75 Å². The van der Waals surface area contributed by atoms with Crippen molar-refractivity contribution in [2.75, 3.05) is 46.2 Å². The Kier molecular flexibility index (Phi) is 8.52. The summed E-state index contributed by atoms with van der Waals surface area (Å²) < 4.78 is 28.0. The van der Waals surface area contributed by atoms with Crippen LogP contribution >= 0.6 is 0 Å². The summed E-state index contributed by atoms with van der Waals surface area (Å²) in [6.07, 6.45) is 0. The van der Waals surface area contributed by atoms with E-state index in [1.165, 1.54) is 5.56 Å². The van der Waals surface area contributed by atoms with E-state index in [0.29, 0.717) is 46.2 Å². The minimum absolute atomic E-state index is 0.138. The Bertz CT molecular complexity index is 921. The van der Waals surface area contributed by atoms with Gasteiger partial charge in [-0.1, -0.05) is 45.0 Å². The number of rotatable bonds is 12. The normalized spacial score (nSPS) is 11.9. The van der Waals surface area contributed by atoms with Crippen molar-refractivity contribution in [1.29, 1.82) is 0 Å². The first-order valence-corrected chi connectivity index (χ1v) is 11.0. The fraction of sp³-hybridized carbons (Fsp3) is 0.462. The van der Waals surface area contributed by atoms with Gasteiger partial charge in [-0.25, -0.2) is 0 Å². The van der Waals surface area contributed by atoms with Crippen LogP contribution in [0.3, 0.4) is 0 Å². The first-order chi connectivity index (χ1) is 15.0. The van der Waals surface area contributed by atoms with E-state index in [-0.39, 0.29) is 5.41 Å². The van der Waals surface area contributed by atoms with Gasteiger partial charge in [-0.15, -0.1) is 0 Å². The number of hydrogen-bond donors (Lipinski definition) is 0. The van der Waals surface area contributed by atoms with E-state index in [4.69, 9.17) is 23.4 Å². The second kappa shape index (κ2) is 11.3. The van der Waals surface area contributed by atoms with Gasteiger partial charge in [0.15, 0.2) is 0 Å². The molecular formula is C26H34O5.